The van der Waals surface area contributed by atoms with Crippen LogP contribution in [0, 0.1) is 0 Å². The molecule has 0 N–H and O–H groups in total. The fourth-order valence-electron chi connectivity index (χ4n) is 1.38. The Bertz CT molecular complexity index is 594. The molecule has 20 heavy (non-hydrogen) atoms. The smallest absolute Gasteiger partial charge is 0.394 e. The van der Waals surface area contributed by atoms with Gasteiger partial charge in [0.05, 0.1) is 5.56 Å². The van der Waals surface area contributed by atoms with Gasteiger partial charge in [-0.15, -0.1) is 0 Å². The van der Waals surface area contributed by atoms with Gasteiger partial charge >= 0.3 is 6.18 Å². The molecule has 2 rings (SSSR count). The highest BCUT2D eigenvalue weighted by atomic mass is 19.4. The van der Waals surface area contributed by atoms with Crippen LogP contribution in [0.1, 0.15) is 18.2 Å². The quantitative estimate of drug-likeness (QED) is 0.491. The second-order valence-electron chi connectivity index (χ2n) is 3.60. The molecule has 0 spiro atoms. The molecule has 0 bridgehead atoms. The van der Waals surface area contributed by atoms with E-state index in [2.05, 4.69) is 20.2 Å². The summed E-state index contributed by atoms with van der Waals surface area (Å²) in [6, 6.07) is 1.75. The molecule has 106 valence electrons. The van der Waals surface area contributed by atoms with Crippen molar-refractivity contribution >= 4 is 5.84 Å². The molecule has 9 heteroatoms. The average Bonchev–Trinajstić information content (AvgIpc) is 2.92. The van der Waals surface area contributed by atoms with Crippen LogP contribution < -0.4 is 0 Å². The van der Waals surface area contributed by atoms with E-state index in [0.717, 1.165) is 18.3 Å². The molecule has 2 aromatic heterocycles. The van der Waals surface area contributed by atoms with Gasteiger partial charge in [0.25, 0.3) is 0 Å². The summed E-state index contributed by atoms with van der Waals surface area (Å²) in [5, 5.41) is 7.54. The van der Waals surface area contributed by atoms with E-state index in [1.165, 1.54) is 17.3 Å². The summed E-state index contributed by atoms with van der Waals surface area (Å²) in [5.41, 5.74) is -0.842. The molecule has 0 amide bonds. The van der Waals surface area contributed by atoms with E-state index in [4.69, 9.17) is 4.84 Å². The zero-order valence-electron chi connectivity index (χ0n) is 10.4. The van der Waals surface area contributed by atoms with Crippen LogP contribution in [0.25, 0.3) is 0 Å². The third-order valence-corrected chi connectivity index (χ3v) is 2.23. The summed E-state index contributed by atoms with van der Waals surface area (Å²) in [6.07, 6.45) is -0.887. The van der Waals surface area contributed by atoms with Gasteiger partial charge in [0.2, 0.25) is 5.84 Å². The summed E-state index contributed by atoms with van der Waals surface area (Å²) >= 11 is 0. The summed E-state index contributed by atoms with van der Waals surface area (Å²) in [7, 11) is 0. The van der Waals surface area contributed by atoms with Crippen LogP contribution in [0.3, 0.4) is 0 Å². The van der Waals surface area contributed by atoms with Crippen LogP contribution >= 0.6 is 0 Å². The molecule has 0 fully saturated rings. The molecule has 6 nitrogen and oxygen atoms in total. The minimum Gasteiger partial charge on any atom is -0.394 e. The normalized spacial score (nSPS) is 12.5. The number of rotatable bonds is 3. The van der Waals surface area contributed by atoms with E-state index >= 15 is 0 Å². The average molecular weight is 285 g/mol. The van der Waals surface area contributed by atoms with Gasteiger partial charge in [0.1, 0.15) is 25.0 Å². The van der Waals surface area contributed by atoms with Gasteiger partial charge in [-0.1, -0.05) is 5.16 Å². The maximum Gasteiger partial charge on any atom is 0.416 e. The molecule has 0 unspecified atom stereocenters. The molecular formula is C11H10F3N5O. The number of hydrogen-bond acceptors (Lipinski definition) is 5. The molecule has 0 aliphatic rings. The van der Waals surface area contributed by atoms with Crippen LogP contribution in [-0.4, -0.2) is 32.2 Å². The standard InChI is InChI=1S/C11H10F3N5O/c1-2-20-18-10(19-7-15-6-17-19)9-5-8(3-4-16-9)11(12,13)14/h3-7H,2H2,1H3/b18-10+. The van der Waals surface area contributed by atoms with E-state index in [9.17, 15) is 13.2 Å². The van der Waals surface area contributed by atoms with Crippen LogP contribution in [0.4, 0.5) is 13.2 Å². The van der Waals surface area contributed by atoms with E-state index in [1.54, 1.807) is 6.92 Å². The van der Waals surface area contributed by atoms with Crippen molar-refractivity contribution < 1.29 is 18.0 Å². The largest absolute Gasteiger partial charge is 0.416 e. The van der Waals surface area contributed by atoms with Crippen molar-refractivity contribution in [1.29, 1.82) is 0 Å². The first-order chi connectivity index (χ1) is 9.52. The van der Waals surface area contributed by atoms with Gasteiger partial charge in [-0.2, -0.15) is 23.0 Å². The predicted molar refractivity (Wildman–Crippen MR) is 62.8 cm³/mol. The summed E-state index contributed by atoms with van der Waals surface area (Å²) < 4.78 is 39.3. The Balaban J connectivity index is 2.45. The lowest BCUT2D eigenvalue weighted by Crippen LogP contribution is -2.18. The van der Waals surface area contributed by atoms with Gasteiger partial charge in [0, 0.05) is 6.20 Å². The second kappa shape index (κ2) is 5.68. The van der Waals surface area contributed by atoms with Gasteiger partial charge in [0.15, 0.2) is 0 Å². The van der Waals surface area contributed by atoms with Gasteiger partial charge in [-0.3, -0.25) is 4.98 Å². The number of hydrogen-bond donors (Lipinski definition) is 0. The van der Waals surface area contributed by atoms with Gasteiger partial charge < -0.3 is 4.84 Å². The van der Waals surface area contributed by atoms with Crippen molar-refractivity contribution in [2.24, 2.45) is 5.16 Å². The lowest BCUT2D eigenvalue weighted by Gasteiger charge is -2.09. The predicted octanol–water partition coefficient (Wildman–Crippen LogP) is 1.94. The fraction of sp³-hybridized carbons (Fsp3) is 0.273. The van der Waals surface area contributed by atoms with Crippen molar-refractivity contribution in [2.45, 2.75) is 13.1 Å². The van der Waals surface area contributed by atoms with E-state index in [-0.39, 0.29) is 18.1 Å². The zero-order chi connectivity index (χ0) is 14.6. The Morgan fingerprint density at radius 1 is 1.45 bits per heavy atom. The molecule has 2 heterocycles. The Kier molecular flexibility index (Phi) is 3.97. The summed E-state index contributed by atoms with van der Waals surface area (Å²) in [5.74, 6) is 0.0236. The Labute approximate surface area is 111 Å². The minimum atomic E-state index is -4.46. The van der Waals surface area contributed by atoms with Crippen LogP contribution in [0.15, 0.2) is 36.1 Å². The number of oxime groups is 1. The van der Waals surface area contributed by atoms with E-state index in [1.807, 2.05) is 0 Å². The Morgan fingerprint density at radius 3 is 2.85 bits per heavy atom. The Hall–Kier alpha value is -2.45. The van der Waals surface area contributed by atoms with E-state index < -0.39 is 11.7 Å². The first-order valence-electron chi connectivity index (χ1n) is 5.61. The van der Waals surface area contributed by atoms with Gasteiger partial charge in [-0.25, -0.2) is 4.98 Å². The topological polar surface area (TPSA) is 65.2 Å². The third kappa shape index (κ3) is 3.11. The molecule has 0 saturated carbocycles. The van der Waals surface area contributed by atoms with E-state index in [0.29, 0.717) is 0 Å². The Morgan fingerprint density at radius 2 is 2.25 bits per heavy atom. The molecule has 0 saturated heterocycles. The van der Waals surface area contributed by atoms with Crippen LogP contribution in [0.2, 0.25) is 0 Å². The highest BCUT2D eigenvalue weighted by Gasteiger charge is 2.31. The SMILES string of the molecule is CCO/N=C(\c1cc(C(F)(F)F)ccn1)n1cncn1. The van der Waals surface area contributed by atoms with Crippen molar-refractivity contribution in [3.63, 3.8) is 0 Å². The zero-order valence-corrected chi connectivity index (χ0v) is 10.4. The third-order valence-electron chi connectivity index (χ3n) is 2.23. The highest BCUT2D eigenvalue weighted by Crippen LogP contribution is 2.29. The lowest BCUT2D eigenvalue weighted by atomic mass is 10.2. The number of halogens is 3. The second-order valence-corrected chi connectivity index (χ2v) is 3.60. The maximum absolute atomic E-state index is 12.7. The number of pyridine rings is 1. The van der Waals surface area contributed by atoms with Gasteiger partial charge in [-0.05, 0) is 19.1 Å². The molecule has 0 aliphatic heterocycles. The lowest BCUT2D eigenvalue weighted by molar-refractivity contribution is -0.137. The number of nitrogens with zero attached hydrogens (tertiary/aromatic N) is 5. The maximum atomic E-state index is 12.7. The summed E-state index contributed by atoms with van der Waals surface area (Å²) in [4.78, 5) is 12.5. The van der Waals surface area contributed by atoms with Crippen molar-refractivity contribution in [3.8, 4) is 0 Å². The molecule has 2 aromatic rings. The highest BCUT2D eigenvalue weighted by molar-refractivity contribution is 5.97. The minimum absolute atomic E-state index is 0.0150. The van der Waals surface area contributed by atoms with Crippen LogP contribution in [0.5, 0.6) is 0 Å². The summed E-state index contributed by atoms with van der Waals surface area (Å²) in [6.45, 7) is 1.96. The molecule has 0 aliphatic carbocycles. The molecule has 0 radical (unpaired) electrons. The molecule has 0 aromatic carbocycles. The van der Waals surface area contributed by atoms with Crippen molar-refractivity contribution in [1.82, 2.24) is 19.7 Å². The number of alkyl halides is 3. The molecular weight excluding hydrogens is 275 g/mol. The monoisotopic (exact) mass is 285 g/mol. The first-order valence-corrected chi connectivity index (χ1v) is 5.61. The molecule has 0 atom stereocenters. The van der Waals surface area contributed by atoms with Crippen molar-refractivity contribution in [2.75, 3.05) is 6.61 Å². The van der Waals surface area contributed by atoms with Crippen LogP contribution in [-0.2, 0) is 11.0 Å². The first kappa shape index (κ1) is 14.0. The fourth-order valence-corrected chi connectivity index (χ4v) is 1.38. The van der Waals surface area contributed by atoms with Crippen molar-refractivity contribution in [3.05, 3.63) is 42.2 Å². The number of aromatic nitrogens is 4.